The highest BCUT2D eigenvalue weighted by atomic mass is 32.2. The van der Waals surface area contributed by atoms with Crippen LogP contribution in [0.4, 0.5) is 0 Å². The van der Waals surface area contributed by atoms with Gasteiger partial charge in [0.15, 0.2) is 0 Å². The molecule has 15 heavy (non-hydrogen) atoms. The summed E-state index contributed by atoms with van der Waals surface area (Å²) in [5.74, 6) is -0.100. The van der Waals surface area contributed by atoms with Crippen molar-refractivity contribution in [2.24, 2.45) is 5.73 Å². The lowest BCUT2D eigenvalue weighted by molar-refractivity contribution is -0.146. The van der Waals surface area contributed by atoms with Crippen LogP contribution in [0.1, 0.15) is 13.3 Å². The minimum absolute atomic E-state index is 0.218. The lowest BCUT2D eigenvalue weighted by atomic mass is 10.3. The first-order valence-corrected chi connectivity index (χ1v) is 6.20. The second kappa shape index (κ2) is 8.55. The summed E-state index contributed by atoms with van der Waals surface area (Å²) >= 11 is 1.48. The Kier molecular flexibility index (Phi) is 8.12. The molecule has 1 atom stereocenters. The second-order valence-electron chi connectivity index (χ2n) is 2.87. The van der Waals surface area contributed by atoms with E-state index in [1.54, 1.807) is 6.92 Å². The third kappa shape index (κ3) is 6.35. The Morgan fingerprint density at radius 1 is 1.53 bits per heavy atom. The maximum absolute atomic E-state index is 11.4. The van der Waals surface area contributed by atoms with Crippen LogP contribution in [-0.4, -0.2) is 43.1 Å². The Labute approximate surface area is 94.1 Å². The van der Waals surface area contributed by atoms with E-state index in [2.05, 4.69) is 5.32 Å². The van der Waals surface area contributed by atoms with Crippen LogP contribution >= 0.6 is 11.8 Å². The van der Waals surface area contributed by atoms with E-state index in [0.29, 0.717) is 12.4 Å². The summed E-state index contributed by atoms with van der Waals surface area (Å²) in [6.45, 7) is 2.33. The molecule has 0 aliphatic rings. The number of thioether (sulfide) groups is 1. The Bertz CT molecular complexity index is 212. The molecule has 0 bridgehead atoms. The maximum atomic E-state index is 11.4. The van der Waals surface area contributed by atoms with Gasteiger partial charge in [0.1, 0.15) is 6.04 Å². The van der Waals surface area contributed by atoms with E-state index in [1.807, 2.05) is 6.26 Å². The summed E-state index contributed by atoms with van der Waals surface area (Å²) in [5.41, 5.74) is 5.23. The largest absolute Gasteiger partial charge is 0.464 e. The molecule has 0 aliphatic carbocycles. The van der Waals surface area contributed by atoms with E-state index in [-0.39, 0.29) is 18.9 Å². The van der Waals surface area contributed by atoms with Crippen LogP contribution < -0.4 is 11.1 Å². The van der Waals surface area contributed by atoms with Crippen LogP contribution in [0.5, 0.6) is 0 Å². The predicted molar refractivity (Wildman–Crippen MR) is 60.6 cm³/mol. The number of nitrogens with one attached hydrogen (secondary N) is 1. The molecule has 1 amide bonds. The summed E-state index contributed by atoms with van der Waals surface area (Å²) in [6.07, 6.45) is 2.09. The highest BCUT2D eigenvalue weighted by Crippen LogP contribution is 2.00. The van der Waals surface area contributed by atoms with Crippen molar-refractivity contribution < 1.29 is 14.3 Å². The van der Waals surface area contributed by atoms with Crippen LogP contribution in [0.3, 0.4) is 0 Å². The van der Waals surface area contributed by atoms with Gasteiger partial charge in [-0.25, -0.2) is 4.79 Å². The van der Waals surface area contributed by atoms with Crippen LogP contribution in [0.15, 0.2) is 0 Å². The average Bonchev–Trinajstić information content (AvgIpc) is 2.18. The minimum Gasteiger partial charge on any atom is -0.464 e. The molecule has 0 fully saturated rings. The van der Waals surface area contributed by atoms with E-state index >= 15 is 0 Å². The lowest BCUT2D eigenvalue weighted by Crippen LogP contribution is -2.44. The topological polar surface area (TPSA) is 81.4 Å². The third-order valence-corrected chi connectivity index (χ3v) is 2.28. The maximum Gasteiger partial charge on any atom is 0.329 e. The van der Waals surface area contributed by atoms with Gasteiger partial charge in [-0.1, -0.05) is 0 Å². The summed E-state index contributed by atoms with van der Waals surface area (Å²) in [7, 11) is 0. The Morgan fingerprint density at radius 3 is 2.67 bits per heavy atom. The molecule has 0 aliphatic heterocycles. The second-order valence-corrected chi connectivity index (χ2v) is 3.78. The van der Waals surface area contributed by atoms with Crippen molar-refractivity contribution in [1.29, 1.82) is 0 Å². The van der Waals surface area contributed by atoms with Crippen molar-refractivity contribution >= 4 is 23.6 Å². The van der Waals surface area contributed by atoms with Gasteiger partial charge in [0.2, 0.25) is 5.91 Å². The molecular weight excluding hydrogens is 216 g/mol. The Balaban J connectivity index is 4.13. The van der Waals surface area contributed by atoms with Gasteiger partial charge in [0.25, 0.3) is 0 Å². The molecule has 0 aromatic rings. The number of nitrogens with two attached hydrogens (primary N) is 1. The van der Waals surface area contributed by atoms with Gasteiger partial charge in [-0.15, -0.1) is 0 Å². The Hall–Kier alpha value is -0.750. The quantitative estimate of drug-likeness (QED) is 0.593. The Morgan fingerprint density at radius 2 is 2.20 bits per heavy atom. The summed E-state index contributed by atoms with van der Waals surface area (Å²) in [4.78, 5) is 22.6. The standard InChI is InChI=1S/C9H18N2O3S/c1-3-14-9(13)7(6-15-2)11-8(12)4-5-10/h7H,3-6,10H2,1-2H3,(H,11,12)/t7-/m0/s1. The zero-order chi connectivity index (χ0) is 11.7. The number of ether oxygens (including phenoxy) is 1. The first-order chi connectivity index (χ1) is 7.15. The van der Waals surface area contributed by atoms with Gasteiger partial charge in [-0.3, -0.25) is 4.79 Å². The van der Waals surface area contributed by atoms with Crippen molar-refractivity contribution in [3.63, 3.8) is 0 Å². The molecule has 0 rings (SSSR count). The van der Waals surface area contributed by atoms with E-state index in [1.165, 1.54) is 11.8 Å². The number of amides is 1. The monoisotopic (exact) mass is 234 g/mol. The summed E-state index contributed by atoms with van der Waals surface area (Å²) in [5, 5.41) is 2.59. The molecule has 0 spiro atoms. The number of carbonyl (C=O) groups is 2. The van der Waals surface area contributed by atoms with Crippen molar-refractivity contribution in [1.82, 2.24) is 5.32 Å². The molecule has 0 saturated heterocycles. The molecule has 88 valence electrons. The molecule has 0 aromatic heterocycles. The zero-order valence-corrected chi connectivity index (χ0v) is 9.93. The van der Waals surface area contributed by atoms with Crippen LogP contribution in [-0.2, 0) is 14.3 Å². The van der Waals surface area contributed by atoms with Gasteiger partial charge < -0.3 is 15.8 Å². The predicted octanol–water partition coefficient (Wildman–Crippen LogP) is -0.254. The van der Waals surface area contributed by atoms with Crippen molar-refractivity contribution in [2.45, 2.75) is 19.4 Å². The van der Waals surface area contributed by atoms with E-state index in [4.69, 9.17) is 10.5 Å². The number of hydrogen-bond donors (Lipinski definition) is 2. The highest BCUT2D eigenvalue weighted by Gasteiger charge is 2.20. The number of hydrogen-bond acceptors (Lipinski definition) is 5. The first kappa shape index (κ1) is 14.2. The average molecular weight is 234 g/mol. The first-order valence-electron chi connectivity index (χ1n) is 4.80. The SMILES string of the molecule is CCOC(=O)[C@H](CSC)NC(=O)CCN. The van der Waals surface area contributed by atoms with E-state index in [0.717, 1.165) is 0 Å². The fourth-order valence-corrected chi connectivity index (χ4v) is 1.53. The molecule has 0 aromatic carbocycles. The molecular formula is C9H18N2O3S. The molecule has 3 N–H and O–H groups in total. The van der Waals surface area contributed by atoms with Crippen molar-refractivity contribution in [3.05, 3.63) is 0 Å². The van der Waals surface area contributed by atoms with Crippen LogP contribution in [0.25, 0.3) is 0 Å². The summed E-state index contributed by atoms with van der Waals surface area (Å²) in [6, 6.07) is -0.570. The molecule has 0 heterocycles. The van der Waals surface area contributed by atoms with Gasteiger partial charge >= 0.3 is 5.97 Å². The molecule has 0 saturated carbocycles. The lowest BCUT2D eigenvalue weighted by Gasteiger charge is -2.15. The van der Waals surface area contributed by atoms with E-state index in [9.17, 15) is 9.59 Å². The van der Waals surface area contributed by atoms with Crippen molar-refractivity contribution in [3.8, 4) is 0 Å². The molecule has 6 heteroatoms. The number of rotatable bonds is 7. The van der Waals surface area contributed by atoms with Crippen molar-refractivity contribution in [2.75, 3.05) is 25.2 Å². The fraction of sp³-hybridized carbons (Fsp3) is 0.778. The van der Waals surface area contributed by atoms with Crippen LogP contribution in [0.2, 0.25) is 0 Å². The van der Waals surface area contributed by atoms with Crippen LogP contribution in [0, 0.1) is 0 Å². The van der Waals surface area contributed by atoms with Gasteiger partial charge in [0, 0.05) is 18.7 Å². The van der Waals surface area contributed by atoms with Gasteiger partial charge in [0.05, 0.1) is 6.61 Å². The smallest absolute Gasteiger partial charge is 0.329 e. The number of esters is 1. The molecule has 0 unspecified atom stereocenters. The van der Waals surface area contributed by atoms with E-state index < -0.39 is 12.0 Å². The molecule has 5 nitrogen and oxygen atoms in total. The normalized spacial score (nSPS) is 11.9. The molecule has 0 radical (unpaired) electrons. The third-order valence-electron chi connectivity index (χ3n) is 1.61. The minimum atomic E-state index is -0.570. The zero-order valence-electron chi connectivity index (χ0n) is 9.12. The highest BCUT2D eigenvalue weighted by molar-refractivity contribution is 7.98. The van der Waals surface area contributed by atoms with Gasteiger partial charge in [-0.2, -0.15) is 11.8 Å². The fourth-order valence-electron chi connectivity index (χ4n) is 0.976. The van der Waals surface area contributed by atoms with Gasteiger partial charge in [-0.05, 0) is 13.2 Å². The summed E-state index contributed by atoms with van der Waals surface area (Å²) < 4.78 is 4.84. The number of carbonyl (C=O) groups excluding carboxylic acids is 2.